The second-order valence-electron chi connectivity index (χ2n) is 5.36. The van der Waals surface area contributed by atoms with E-state index in [1.165, 1.54) is 0 Å². The third-order valence-electron chi connectivity index (χ3n) is 3.75. The van der Waals surface area contributed by atoms with E-state index in [2.05, 4.69) is 21.2 Å². The number of nitrogens with one attached hydrogen (secondary N) is 1. The Balaban J connectivity index is 2.16. The van der Waals surface area contributed by atoms with Crippen LogP contribution < -0.4 is 5.32 Å². The Morgan fingerprint density at radius 3 is 2.70 bits per heavy atom. The zero-order valence-corrected chi connectivity index (χ0v) is 13.2. The fourth-order valence-electron chi connectivity index (χ4n) is 2.18. The third kappa shape index (κ3) is 3.23. The number of carboxylic acids is 1. The summed E-state index contributed by atoms with van der Waals surface area (Å²) in [6, 6.07) is 1.26. The molecule has 110 valence electrons. The average molecular weight is 343 g/mol. The van der Waals surface area contributed by atoms with Crippen molar-refractivity contribution < 1.29 is 14.7 Å². The highest BCUT2D eigenvalue weighted by molar-refractivity contribution is 9.10. The summed E-state index contributed by atoms with van der Waals surface area (Å²) >= 11 is 3.37. The lowest BCUT2D eigenvalue weighted by Crippen LogP contribution is -2.45. The predicted octanol–water partition coefficient (Wildman–Crippen LogP) is 2.81. The summed E-state index contributed by atoms with van der Waals surface area (Å²) in [5.74, 6) is -1.42. The monoisotopic (exact) mass is 342 g/mol. The molecule has 0 aliphatic heterocycles. The van der Waals surface area contributed by atoms with Gasteiger partial charge in [-0.05, 0) is 40.8 Å². The van der Waals surface area contributed by atoms with Gasteiger partial charge in [-0.2, -0.15) is 0 Å². The largest absolute Gasteiger partial charge is 0.480 e. The summed E-state index contributed by atoms with van der Waals surface area (Å²) in [4.78, 5) is 23.6. The molecule has 1 aliphatic carbocycles. The molecule has 2 atom stereocenters. The summed E-state index contributed by atoms with van der Waals surface area (Å²) in [7, 11) is 0. The van der Waals surface area contributed by atoms with E-state index in [-0.39, 0.29) is 11.8 Å². The van der Waals surface area contributed by atoms with Crippen LogP contribution >= 0.6 is 15.9 Å². The van der Waals surface area contributed by atoms with Gasteiger partial charge in [-0.3, -0.25) is 4.79 Å². The van der Waals surface area contributed by atoms with Gasteiger partial charge in [0.05, 0.1) is 0 Å². The molecule has 0 radical (unpaired) electrons. The van der Waals surface area contributed by atoms with Crippen molar-refractivity contribution in [3.8, 4) is 0 Å². The van der Waals surface area contributed by atoms with Crippen LogP contribution in [0.5, 0.6) is 0 Å². The number of hydrogen-bond donors (Lipinski definition) is 2. The van der Waals surface area contributed by atoms with E-state index in [1.807, 2.05) is 24.6 Å². The van der Waals surface area contributed by atoms with E-state index in [9.17, 15) is 14.7 Å². The summed E-state index contributed by atoms with van der Waals surface area (Å²) in [6.45, 7) is 3.74. The molecule has 1 amide bonds. The number of carboxylic acid groups (broad SMARTS) is 1. The number of nitrogens with zero attached hydrogens (tertiary/aromatic N) is 1. The number of carbonyl (C=O) groups is 2. The van der Waals surface area contributed by atoms with E-state index >= 15 is 0 Å². The molecule has 6 heteroatoms. The lowest BCUT2D eigenvalue weighted by Gasteiger charge is -2.20. The summed E-state index contributed by atoms with van der Waals surface area (Å²) in [5.41, 5.74) is 0.522. The Morgan fingerprint density at radius 1 is 1.55 bits per heavy atom. The Bertz CT molecular complexity index is 522. The molecular formula is C14H19BrN2O3. The van der Waals surface area contributed by atoms with Crippen LogP contribution in [0.4, 0.5) is 0 Å². The van der Waals surface area contributed by atoms with Crippen LogP contribution in [0.1, 0.15) is 49.6 Å². The van der Waals surface area contributed by atoms with Crippen molar-refractivity contribution in [1.29, 1.82) is 0 Å². The number of rotatable bonds is 6. The second kappa shape index (κ2) is 5.99. The van der Waals surface area contributed by atoms with Gasteiger partial charge in [0, 0.05) is 16.7 Å². The van der Waals surface area contributed by atoms with E-state index < -0.39 is 12.0 Å². The van der Waals surface area contributed by atoms with E-state index in [0.29, 0.717) is 18.2 Å². The minimum atomic E-state index is -0.990. The number of hydrogen-bond acceptors (Lipinski definition) is 2. The van der Waals surface area contributed by atoms with Crippen LogP contribution in [0.15, 0.2) is 16.7 Å². The standard InChI is InChI=1S/C14H19BrN2O3/c1-3-8(2)12(14(19)20)16-13(18)11-6-9(15)7-17(11)10-4-5-10/h6-8,10,12H,3-5H2,1-2H3,(H,16,18)(H,19,20). The first-order valence-corrected chi connectivity index (χ1v) is 7.64. The number of aliphatic carboxylic acids is 1. The molecule has 2 N–H and O–H groups in total. The highest BCUT2D eigenvalue weighted by Crippen LogP contribution is 2.37. The molecular weight excluding hydrogens is 324 g/mol. The molecule has 1 aliphatic rings. The third-order valence-corrected chi connectivity index (χ3v) is 4.19. The maximum atomic E-state index is 12.3. The number of aromatic nitrogens is 1. The van der Waals surface area contributed by atoms with Crippen LogP contribution in [-0.4, -0.2) is 27.6 Å². The molecule has 0 spiro atoms. The van der Waals surface area contributed by atoms with E-state index in [1.54, 1.807) is 6.07 Å². The summed E-state index contributed by atoms with van der Waals surface area (Å²) < 4.78 is 2.76. The maximum absolute atomic E-state index is 12.3. The van der Waals surface area contributed by atoms with Crippen LogP contribution in [0.25, 0.3) is 0 Å². The maximum Gasteiger partial charge on any atom is 0.326 e. The number of halogens is 1. The fourth-order valence-corrected chi connectivity index (χ4v) is 2.62. The normalized spacial score (nSPS) is 17.6. The minimum Gasteiger partial charge on any atom is -0.480 e. The highest BCUT2D eigenvalue weighted by Gasteiger charge is 2.30. The Kier molecular flexibility index (Phi) is 4.52. The Morgan fingerprint density at radius 2 is 2.20 bits per heavy atom. The van der Waals surface area contributed by atoms with Gasteiger partial charge in [0.2, 0.25) is 0 Å². The van der Waals surface area contributed by atoms with Gasteiger partial charge < -0.3 is 15.0 Å². The fraction of sp³-hybridized carbons (Fsp3) is 0.571. The van der Waals surface area contributed by atoms with Crippen LogP contribution in [-0.2, 0) is 4.79 Å². The topological polar surface area (TPSA) is 71.3 Å². The first-order valence-electron chi connectivity index (χ1n) is 6.85. The predicted molar refractivity (Wildman–Crippen MR) is 78.7 cm³/mol. The molecule has 0 bridgehead atoms. The lowest BCUT2D eigenvalue weighted by atomic mass is 9.99. The van der Waals surface area contributed by atoms with Gasteiger partial charge in [-0.25, -0.2) is 4.79 Å². The zero-order valence-electron chi connectivity index (χ0n) is 11.6. The van der Waals surface area contributed by atoms with Crippen molar-refractivity contribution >= 4 is 27.8 Å². The lowest BCUT2D eigenvalue weighted by molar-refractivity contribution is -0.140. The van der Waals surface area contributed by atoms with Crippen LogP contribution in [0.3, 0.4) is 0 Å². The SMILES string of the molecule is CCC(C)C(NC(=O)c1cc(Br)cn1C1CC1)C(=O)O. The van der Waals surface area contributed by atoms with Gasteiger partial charge in [0.15, 0.2) is 0 Å². The van der Waals surface area contributed by atoms with Gasteiger partial charge in [-0.15, -0.1) is 0 Å². The molecule has 20 heavy (non-hydrogen) atoms. The van der Waals surface area contributed by atoms with Gasteiger partial charge in [-0.1, -0.05) is 20.3 Å². The molecule has 1 aromatic heterocycles. The second-order valence-corrected chi connectivity index (χ2v) is 6.27. The van der Waals surface area contributed by atoms with Gasteiger partial charge in [0.25, 0.3) is 5.91 Å². The van der Waals surface area contributed by atoms with Crippen molar-refractivity contribution in [2.75, 3.05) is 0 Å². The molecule has 0 aromatic carbocycles. The zero-order chi connectivity index (χ0) is 14.9. The minimum absolute atomic E-state index is 0.107. The molecule has 1 saturated carbocycles. The number of carbonyl (C=O) groups excluding carboxylic acids is 1. The summed E-state index contributed by atoms with van der Waals surface area (Å²) in [5, 5.41) is 11.9. The number of amides is 1. The molecule has 5 nitrogen and oxygen atoms in total. The van der Waals surface area contributed by atoms with Crippen molar-refractivity contribution in [2.24, 2.45) is 5.92 Å². The molecule has 2 unspecified atom stereocenters. The molecule has 2 rings (SSSR count). The Labute approximate surface area is 126 Å². The van der Waals surface area contributed by atoms with Gasteiger partial charge in [0.1, 0.15) is 11.7 Å². The first kappa shape index (κ1) is 15.1. The van der Waals surface area contributed by atoms with Crippen molar-refractivity contribution in [1.82, 2.24) is 9.88 Å². The van der Waals surface area contributed by atoms with Crippen molar-refractivity contribution in [3.63, 3.8) is 0 Å². The smallest absolute Gasteiger partial charge is 0.326 e. The molecule has 1 fully saturated rings. The Hall–Kier alpha value is -1.30. The van der Waals surface area contributed by atoms with Crippen LogP contribution in [0, 0.1) is 5.92 Å². The molecule has 1 aromatic rings. The van der Waals surface area contributed by atoms with Crippen LogP contribution in [0.2, 0.25) is 0 Å². The van der Waals surface area contributed by atoms with Gasteiger partial charge >= 0.3 is 5.97 Å². The summed E-state index contributed by atoms with van der Waals surface area (Å²) in [6.07, 6.45) is 4.71. The molecule has 1 heterocycles. The van der Waals surface area contributed by atoms with E-state index in [0.717, 1.165) is 17.3 Å². The highest BCUT2D eigenvalue weighted by atomic mass is 79.9. The average Bonchev–Trinajstić information content (AvgIpc) is 3.17. The van der Waals surface area contributed by atoms with E-state index in [4.69, 9.17) is 0 Å². The quantitative estimate of drug-likeness (QED) is 0.834. The van der Waals surface area contributed by atoms with Crippen molar-refractivity contribution in [2.45, 2.75) is 45.2 Å². The molecule has 0 saturated heterocycles. The first-order chi connectivity index (χ1) is 9.43. The van der Waals surface area contributed by atoms with Crippen molar-refractivity contribution in [3.05, 3.63) is 22.4 Å².